The van der Waals surface area contributed by atoms with Gasteiger partial charge in [0.25, 0.3) is 5.91 Å². The molecule has 164 valence electrons. The zero-order valence-electron chi connectivity index (χ0n) is 18.3. The number of carbonyl (C=O) groups excluding carboxylic acids is 1. The maximum atomic E-state index is 13.3. The number of amides is 1. The van der Waals surface area contributed by atoms with Crippen LogP contribution in [0.1, 0.15) is 56.0 Å². The van der Waals surface area contributed by atoms with Crippen LogP contribution in [0.3, 0.4) is 0 Å². The number of nitrogen functional groups attached to an aromatic ring is 1. The second kappa shape index (κ2) is 8.39. The van der Waals surface area contributed by atoms with Gasteiger partial charge in [0.05, 0.1) is 27.5 Å². The van der Waals surface area contributed by atoms with Gasteiger partial charge in [-0.25, -0.2) is 0 Å². The minimum absolute atomic E-state index is 0.0871. The van der Waals surface area contributed by atoms with Crippen molar-refractivity contribution in [2.24, 2.45) is 0 Å². The molecule has 1 fully saturated rings. The van der Waals surface area contributed by atoms with E-state index in [4.69, 9.17) is 15.2 Å². The summed E-state index contributed by atoms with van der Waals surface area (Å²) in [4.78, 5) is 22.0. The molecule has 0 bridgehead atoms. The van der Waals surface area contributed by atoms with E-state index in [0.29, 0.717) is 12.2 Å². The highest BCUT2D eigenvalue weighted by molar-refractivity contribution is 7.14. The average molecular weight is 447 g/mol. The maximum absolute atomic E-state index is 13.3. The van der Waals surface area contributed by atoms with Crippen molar-refractivity contribution in [2.75, 3.05) is 18.8 Å². The number of benzene rings is 1. The lowest BCUT2D eigenvalue weighted by molar-refractivity contribution is 0.0711. The molecule has 4 heterocycles. The minimum atomic E-state index is 0.0871. The molecule has 6 nitrogen and oxygen atoms in total. The van der Waals surface area contributed by atoms with Crippen LogP contribution in [0.4, 0.5) is 5.69 Å². The summed E-state index contributed by atoms with van der Waals surface area (Å²) in [6.45, 7) is 5.28. The molecule has 1 aliphatic rings. The number of nitrogens with zero attached hydrogens (tertiary/aromatic N) is 3. The van der Waals surface area contributed by atoms with Crippen molar-refractivity contribution >= 4 is 33.8 Å². The van der Waals surface area contributed by atoms with Crippen LogP contribution in [-0.2, 0) is 6.42 Å². The van der Waals surface area contributed by atoms with Crippen molar-refractivity contribution in [1.82, 2.24) is 15.0 Å². The quantitative estimate of drug-likeness (QED) is 0.472. The molecule has 5 rings (SSSR count). The van der Waals surface area contributed by atoms with Crippen LogP contribution in [0.5, 0.6) is 0 Å². The van der Waals surface area contributed by atoms with E-state index in [1.807, 2.05) is 61.2 Å². The number of piperidine rings is 1. The van der Waals surface area contributed by atoms with E-state index in [-0.39, 0.29) is 11.8 Å². The highest BCUT2D eigenvalue weighted by Gasteiger charge is 2.28. The number of anilines is 1. The van der Waals surface area contributed by atoms with Gasteiger partial charge in [0.1, 0.15) is 5.76 Å². The normalized spacial score (nSPS) is 16.6. The van der Waals surface area contributed by atoms with Crippen molar-refractivity contribution in [3.8, 4) is 0 Å². The van der Waals surface area contributed by atoms with Gasteiger partial charge >= 0.3 is 0 Å². The van der Waals surface area contributed by atoms with Gasteiger partial charge in [0.15, 0.2) is 0 Å². The first-order valence-electron chi connectivity index (χ1n) is 10.9. The van der Waals surface area contributed by atoms with Crippen LogP contribution in [0.15, 0.2) is 47.0 Å². The Morgan fingerprint density at radius 3 is 2.91 bits per heavy atom. The maximum Gasteiger partial charge on any atom is 0.263 e. The third-order valence-electron chi connectivity index (χ3n) is 6.28. The topological polar surface area (TPSA) is 85.2 Å². The largest absolute Gasteiger partial charge is 0.397 e. The Hall–Kier alpha value is -3.19. The lowest BCUT2D eigenvalue weighted by Gasteiger charge is -2.32. The number of hydrogen-bond acceptors (Lipinski definition) is 6. The van der Waals surface area contributed by atoms with Crippen LogP contribution >= 0.6 is 11.3 Å². The predicted octanol–water partition coefficient (Wildman–Crippen LogP) is 5.09. The molecule has 1 amide bonds. The van der Waals surface area contributed by atoms with Gasteiger partial charge in [-0.2, -0.15) is 0 Å². The summed E-state index contributed by atoms with van der Waals surface area (Å²) in [7, 11) is 0. The molecule has 1 atom stereocenters. The van der Waals surface area contributed by atoms with E-state index in [2.05, 4.69) is 5.16 Å². The number of rotatable bonds is 4. The lowest BCUT2D eigenvalue weighted by atomic mass is 9.92. The van der Waals surface area contributed by atoms with Crippen molar-refractivity contribution in [2.45, 2.75) is 39.0 Å². The third-order valence-corrected chi connectivity index (χ3v) is 7.36. The number of nitrogens with two attached hydrogens (primary N) is 1. The Labute approximate surface area is 191 Å². The fourth-order valence-electron chi connectivity index (χ4n) is 4.53. The monoisotopic (exact) mass is 446 g/mol. The van der Waals surface area contributed by atoms with Gasteiger partial charge in [-0.05, 0) is 51.0 Å². The van der Waals surface area contributed by atoms with Crippen LogP contribution in [0.2, 0.25) is 0 Å². The number of likely N-dealkylation sites (tertiary alicyclic amines) is 1. The van der Waals surface area contributed by atoms with Crippen molar-refractivity contribution in [3.05, 3.63) is 74.9 Å². The summed E-state index contributed by atoms with van der Waals surface area (Å²) in [6.07, 6.45) is 2.67. The van der Waals surface area contributed by atoms with E-state index >= 15 is 0 Å². The molecule has 0 aliphatic carbocycles. The Balaban J connectivity index is 1.33. The van der Waals surface area contributed by atoms with Gasteiger partial charge in [-0.3, -0.25) is 9.78 Å². The molecule has 0 radical (unpaired) electrons. The minimum Gasteiger partial charge on any atom is -0.397 e. The highest BCUT2D eigenvalue weighted by atomic mass is 32.1. The van der Waals surface area contributed by atoms with Gasteiger partial charge in [-0.15, -0.1) is 11.3 Å². The molecular weight excluding hydrogens is 420 g/mol. The van der Waals surface area contributed by atoms with Gasteiger partial charge in [0.2, 0.25) is 0 Å². The SMILES string of the molecule is Cc1noc(C)c1Cc1ccc(C(=O)N2CCC[C@H](c3nc4ccccc4cc3N)C2)s1. The first-order valence-corrected chi connectivity index (χ1v) is 11.8. The molecule has 4 aromatic rings. The van der Waals surface area contributed by atoms with E-state index in [1.165, 1.54) is 0 Å². The van der Waals surface area contributed by atoms with Crippen LogP contribution in [0.25, 0.3) is 10.9 Å². The van der Waals surface area contributed by atoms with Crippen LogP contribution in [-0.4, -0.2) is 34.0 Å². The molecule has 1 saturated heterocycles. The van der Waals surface area contributed by atoms with Crippen molar-refractivity contribution in [3.63, 3.8) is 0 Å². The molecule has 0 spiro atoms. The molecule has 1 aliphatic heterocycles. The first kappa shape index (κ1) is 20.7. The highest BCUT2D eigenvalue weighted by Crippen LogP contribution is 2.33. The number of fused-ring (bicyclic) bond motifs is 1. The molecule has 0 saturated carbocycles. The predicted molar refractivity (Wildman–Crippen MR) is 127 cm³/mol. The molecule has 32 heavy (non-hydrogen) atoms. The van der Waals surface area contributed by atoms with Crippen LogP contribution < -0.4 is 5.73 Å². The second-order valence-corrected chi connectivity index (χ2v) is 9.66. The standard InChI is InChI=1S/C25H26N4O2S/c1-15-20(16(2)31-28-15)13-19-9-10-23(32-19)25(30)29-11-5-7-18(14-29)24-21(26)12-17-6-3-4-8-22(17)27-24/h3-4,6,8-10,12,18H,5,7,11,13-14,26H2,1-2H3/t18-/m0/s1. The first-order chi connectivity index (χ1) is 15.5. The molecule has 2 N–H and O–H groups in total. The number of pyridine rings is 1. The van der Waals surface area contributed by atoms with E-state index in [9.17, 15) is 4.79 Å². The molecule has 3 aromatic heterocycles. The summed E-state index contributed by atoms with van der Waals surface area (Å²) >= 11 is 1.55. The lowest BCUT2D eigenvalue weighted by Crippen LogP contribution is -2.39. The number of aryl methyl sites for hydroxylation is 2. The summed E-state index contributed by atoms with van der Waals surface area (Å²) in [5.41, 5.74) is 10.9. The Kier molecular flexibility index (Phi) is 5.43. The fourth-order valence-corrected chi connectivity index (χ4v) is 5.52. The summed E-state index contributed by atoms with van der Waals surface area (Å²) < 4.78 is 5.27. The van der Waals surface area contributed by atoms with E-state index in [1.54, 1.807) is 11.3 Å². The molecule has 7 heteroatoms. The van der Waals surface area contributed by atoms with Crippen molar-refractivity contribution in [1.29, 1.82) is 0 Å². The number of carbonyl (C=O) groups is 1. The molecule has 1 aromatic carbocycles. The smallest absolute Gasteiger partial charge is 0.263 e. The number of thiophene rings is 1. The summed E-state index contributed by atoms with van der Waals surface area (Å²) in [6, 6.07) is 14.0. The molecule has 0 unspecified atom stereocenters. The average Bonchev–Trinajstić information content (AvgIpc) is 3.40. The Morgan fingerprint density at radius 1 is 1.25 bits per heavy atom. The Morgan fingerprint density at radius 2 is 2.09 bits per heavy atom. The van der Waals surface area contributed by atoms with Gasteiger partial charge in [0, 0.05) is 41.3 Å². The molecular formula is C25H26N4O2S. The zero-order chi connectivity index (χ0) is 22.2. The Bertz CT molecular complexity index is 1270. The number of para-hydroxylation sites is 1. The van der Waals surface area contributed by atoms with Gasteiger partial charge < -0.3 is 15.2 Å². The fraction of sp³-hybridized carbons (Fsp3) is 0.320. The summed E-state index contributed by atoms with van der Waals surface area (Å²) in [5.74, 6) is 1.08. The van der Waals surface area contributed by atoms with Crippen LogP contribution in [0, 0.1) is 13.8 Å². The zero-order valence-corrected chi connectivity index (χ0v) is 19.1. The van der Waals surface area contributed by atoms with Gasteiger partial charge in [-0.1, -0.05) is 23.4 Å². The van der Waals surface area contributed by atoms with Crippen molar-refractivity contribution < 1.29 is 9.32 Å². The van der Waals surface area contributed by atoms with E-state index in [0.717, 1.165) is 69.2 Å². The second-order valence-electron chi connectivity index (χ2n) is 8.49. The number of hydrogen-bond donors (Lipinski definition) is 1. The summed E-state index contributed by atoms with van der Waals surface area (Å²) in [5, 5.41) is 5.07. The van der Waals surface area contributed by atoms with E-state index < -0.39 is 0 Å². The third kappa shape index (κ3) is 3.88. The number of aromatic nitrogens is 2.